The summed E-state index contributed by atoms with van der Waals surface area (Å²) < 4.78 is 5.11. The second kappa shape index (κ2) is 5.02. The SMILES string of the molecule is Cc1nc([C@@H]2CCCN2Cc2sc(C)nc2C)no1. The number of likely N-dealkylation sites (tertiary alicyclic amines) is 1. The highest BCUT2D eigenvalue weighted by Crippen LogP contribution is 2.33. The molecule has 0 amide bonds. The van der Waals surface area contributed by atoms with Crippen molar-refractivity contribution in [1.29, 1.82) is 0 Å². The highest BCUT2D eigenvalue weighted by molar-refractivity contribution is 7.11. The highest BCUT2D eigenvalue weighted by Gasteiger charge is 2.30. The van der Waals surface area contributed by atoms with E-state index in [1.807, 2.05) is 6.92 Å². The maximum Gasteiger partial charge on any atom is 0.223 e. The standard InChI is InChI=1S/C13H18N4OS/c1-8-12(19-10(3)14-8)7-17-6-4-5-11(17)13-15-9(2)18-16-13/h11H,4-7H2,1-3H3/t11-/m0/s1. The van der Waals surface area contributed by atoms with Gasteiger partial charge in [0.25, 0.3) is 0 Å². The van der Waals surface area contributed by atoms with Gasteiger partial charge in [-0.2, -0.15) is 4.98 Å². The number of thiazole rings is 1. The summed E-state index contributed by atoms with van der Waals surface area (Å²) >= 11 is 1.79. The molecule has 1 aliphatic rings. The van der Waals surface area contributed by atoms with E-state index in [0.717, 1.165) is 36.0 Å². The maximum absolute atomic E-state index is 5.11. The van der Waals surface area contributed by atoms with Crippen LogP contribution >= 0.6 is 11.3 Å². The van der Waals surface area contributed by atoms with E-state index in [1.54, 1.807) is 11.3 Å². The summed E-state index contributed by atoms with van der Waals surface area (Å²) in [5.74, 6) is 1.47. The molecule has 0 unspecified atom stereocenters. The van der Waals surface area contributed by atoms with Crippen LogP contribution in [0.2, 0.25) is 0 Å². The molecule has 102 valence electrons. The summed E-state index contributed by atoms with van der Waals surface area (Å²) in [5, 5.41) is 5.21. The van der Waals surface area contributed by atoms with Crippen molar-refractivity contribution in [2.75, 3.05) is 6.54 Å². The molecule has 1 aliphatic heterocycles. The number of hydrogen-bond acceptors (Lipinski definition) is 6. The van der Waals surface area contributed by atoms with Gasteiger partial charge in [0.05, 0.1) is 16.7 Å². The highest BCUT2D eigenvalue weighted by atomic mass is 32.1. The monoisotopic (exact) mass is 278 g/mol. The average Bonchev–Trinajstić information content (AvgIpc) is 3.02. The van der Waals surface area contributed by atoms with Gasteiger partial charge in [-0.05, 0) is 33.2 Å². The molecular formula is C13H18N4OS. The molecule has 0 aromatic carbocycles. The van der Waals surface area contributed by atoms with Crippen LogP contribution in [0.5, 0.6) is 0 Å². The molecule has 0 radical (unpaired) electrons. The maximum atomic E-state index is 5.11. The first-order chi connectivity index (χ1) is 9.13. The minimum atomic E-state index is 0.291. The van der Waals surface area contributed by atoms with Crippen molar-refractivity contribution in [3.05, 3.63) is 27.3 Å². The van der Waals surface area contributed by atoms with Crippen LogP contribution in [0.1, 0.15) is 46.2 Å². The van der Waals surface area contributed by atoms with Crippen LogP contribution in [0, 0.1) is 20.8 Å². The largest absolute Gasteiger partial charge is 0.340 e. The predicted octanol–water partition coefficient (Wildman–Crippen LogP) is 2.79. The van der Waals surface area contributed by atoms with E-state index in [9.17, 15) is 0 Å². The zero-order chi connectivity index (χ0) is 13.4. The Kier molecular flexibility index (Phi) is 3.36. The Morgan fingerprint density at radius 2 is 2.16 bits per heavy atom. The van der Waals surface area contributed by atoms with E-state index in [0.29, 0.717) is 11.9 Å². The van der Waals surface area contributed by atoms with Crippen molar-refractivity contribution >= 4 is 11.3 Å². The van der Waals surface area contributed by atoms with E-state index in [-0.39, 0.29) is 0 Å². The summed E-state index contributed by atoms with van der Waals surface area (Å²) in [5.41, 5.74) is 1.15. The third-order valence-corrected chi connectivity index (χ3v) is 4.61. The van der Waals surface area contributed by atoms with Crippen molar-refractivity contribution in [3.8, 4) is 0 Å². The second-order valence-corrected chi connectivity index (χ2v) is 6.33. The lowest BCUT2D eigenvalue weighted by atomic mass is 10.2. The molecule has 0 saturated carbocycles. The normalized spacial score (nSPS) is 20.3. The van der Waals surface area contributed by atoms with Crippen molar-refractivity contribution in [2.24, 2.45) is 0 Å². The first kappa shape index (κ1) is 12.7. The third-order valence-electron chi connectivity index (χ3n) is 3.55. The fraction of sp³-hybridized carbons (Fsp3) is 0.615. The van der Waals surface area contributed by atoms with Gasteiger partial charge in [0.1, 0.15) is 0 Å². The average molecular weight is 278 g/mol. The van der Waals surface area contributed by atoms with Crippen LogP contribution in [-0.4, -0.2) is 26.6 Å². The van der Waals surface area contributed by atoms with Gasteiger partial charge in [-0.15, -0.1) is 11.3 Å². The first-order valence-corrected chi connectivity index (χ1v) is 7.42. The van der Waals surface area contributed by atoms with E-state index in [2.05, 4.69) is 33.9 Å². The van der Waals surface area contributed by atoms with Crippen LogP contribution in [-0.2, 0) is 6.54 Å². The van der Waals surface area contributed by atoms with Gasteiger partial charge < -0.3 is 4.52 Å². The van der Waals surface area contributed by atoms with Crippen molar-refractivity contribution in [1.82, 2.24) is 20.0 Å². The summed E-state index contributed by atoms with van der Waals surface area (Å²) in [6, 6.07) is 0.291. The molecule has 19 heavy (non-hydrogen) atoms. The van der Waals surface area contributed by atoms with E-state index in [1.165, 1.54) is 11.3 Å². The fourth-order valence-corrected chi connectivity index (χ4v) is 3.63. The molecule has 1 saturated heterocycles. The Balaban J connectivity index is 1.78. The zero-order valence-electron chi connectivity index (χ0n) is 11.5. The quantitative estimate of drug-likeness (QED) is 0.864. The summed E-state index contributed by atoms with van der Waals surface area (Å²) in [7, 11) is 0. The Hall–Kier alpha value is -1.27. The molecule has 0 aliphatic carbocycles. The summed E-state index contributed by atoms with van der Waals surface area (Å²) in [4.78, 5) is 12.7. The molecule has 0 bridgehead atoms. The summed E-state index contributed by atoms with van der Waals surface area (Å²) in [6.45, 7) is 8.02. The first-order valence-electron chi connectivity index (χ1n) is 6.60. The van der Waals surface area contributed by atoms with Crippen LogP contribution in [0.4, 0.5) is 0 Å². The van der Waals surface area contributed by atoms with Crippen LogP contribution in [0.25, 0.3) is 0 Å². The Morgan fingerprint density at radius 3 is 2.79 bits per heavy atom. The lowest BCUT2D eigenvalue weighted by molar-refractivity contribution is 0.235. The number of hydrogen-bond donors (Lipinski definition) is 0. The number of aromatic nitrogens is 3. The Bertz CT molecular complexity index is 577. The molecule has 1 fully saturated rings. The molecule has 0 spiro atoms. The minimum absolute atomic E-state index is 0.291. The van der Waals surface area contributed by atoms with Crippen LogP contribution in [0.3, 0.4) is 0 Å². The molecule has 2 aromatic rings. The van der Waals surface area contributed by atoms with Gasteiger partial charge in [0, 0.05) is 18.3 Å². The molecule has 5 nitrogen and oxygen atoms in total. The lowest BCUT2D eigenvalue weighted by Gasteiger charge is -2.21. The third kappa shape index (κ3) is 2.55. The molecule has 3 rings (SSSR count). The topological polar surface area (TPSA) is 55.1 Å². The van der Waals surface area contributed by atoms with Gasteiger partial charge in [-0.25, -0.2) is 4.98 Å². The van der Waals surface area contributed by atoms with E-state index < -0.39 is 0 Å². The van der Waals surface area contributed by atoms with Gasteiger partial charge in [0.2, 0.25) is 5.89 Å². The van der Waals surface area contributed by atoms with Crippen molar-refractivity contribution in [2.45, 2.75) is 46.2 Å². The van der Waals surface area contributed by atoms with Gasteiger partial charge >= 0.3 is 0 Å². The zero-order valence-corrected chi connectivity index (χ0v) is 12.3. The van der Waals surface area contributed by atoms with Gasteiger partial charge in [-0.1, -0.05) is 5.16 Å². The van der Waals surface area contributed by atoms with E-state index in [4.69, 9.17) is 4.52 Å². The molecular weight excluding hydrogens is 260 g/mol. The Labute approximate surface area is 116 Å². The second-order valence-electron chi connectivity index (χ2n) is 5.04. The minimum Gasteiger partial charge on any atom is -0.340 e. The van der Waals surface area contributed by atoms with Crippen LogP contribution in [0.15, 0.2) is 4.52 Å². The molecule has 3 heterocycles. The van der Waals surface area contributed by atoms with Crippen molar-refractivity contribution < 1.29 is 4.52 Å². The number of nitrogens with zero attached hydrogens (tertiary/aromatic N) is 4. The lowest BCUT2D eigenvalue weighted by Crippen LogP contribution is -2.23. The fourth-order valence-electron chi connectivity index (χ4n) is 2.66. The van der Waals surface area contributed by atoms with Gasteiger partial charge in [-0.3, -0.25) is 4.90 Å². The van der Waals surface area contributed by atoms with Crippen LogP contribution < -0.4 is 0 Å². The van der Waals surface area contributed by atoms with Crippen molar-refractivity contribution in [3.63, 3.8) is 0 Å². The molecule has 2 aromatic heterocycles. The number of aryl methyl sites for hydroxylation is 3. The molecule has 0 N–H and O–H groups in total. The predicted molar refractivity (Wildman–Crippen MR) is 73.0 cm³/mol. The molecule has 1 atom stereocenters. The smallest absolute Gasteiger partial charge is 0.223 e. The Morgan fingerprint density at radius 1 is 1.32 bits per heavy atom. The number of rotatable bonds is 3. The van der Waals surface area contributed by atoms with E-state index >= 15 is 0 Å². The van der Waals surface area contributed by atoms with Gasteiger partial charge in [0.15, 0.2) is 5.82 Å². The molecule has 6 heteroatoms. The summed E-state index contributed by atoms with van der Waals surface area (Å²) in [6.07, 6.45) is 2.30.